The average Bonchev–Trinajstić information content (AvgIpc) is 2.55. The molecule has 2 aromatic carbocycles. The van der Waals surface area contributed by atoms with E-state index in [1.807, 2.05) is 0 Å². The van der Waals surface area contributed by atoms with Crippen molar-refractivity contribution in [2.24, 2.45) is 15.8 Å². The Morgan fingerprint density at radius 2 is 1.75 bits per heavy atom. The molecule has 0 radical (unpaired) electrons. The predicted molar refractivity (Wildman–Crippen MR) is 101 cm³/mol. The summed E-state index contributed by atoms with van der Waals surface area (Å²) in [5.41, 5.74) is -1.17. The molecule has 0 aromatic heterocycles. The van der Waals surface area contributed by atoms with Crippen molar-refractivity contribution in [3.8, 4) is 5.75 Å². The molecule has 0 fully saturated rings. The SMILES string of the molecule is NN1C(c2ccc(S(=O)(=O)O)c3cc(S(=O)(=O)O)cc(O)c23)=NC(Cl)=NC1Cl. The van der Waals surface area contributed by atoms with Crippen molar-refractivity contribution < 1.29 is 31.0 Å². The van der Waals surface area contributed by atoms with Gasteiger partial charge in [0.05, 0.1) is 4.90 Å². The van der Waals surface area contributed by atoms with Gasteiger partial charge in [0.1, 0.15) is 10.6 Å². The van der Waals surface area contributed by atoms with Crippen LogP contribution >= 0.6 is 23.2 Å². The molecule has 1 aliphatic rings. The third kappa shape index (κ3) is 3.65. The van der Waals surface area contributed by atoms with Crippen molar-refractivity contribution in [2.75, 3.05) is 0 Å². The van der Waals surface area contributed by atoms with E-state index in [9.17, 15) is 31.0 Å². The highest BCUT2D eigenvalue weighted by atomic mass is 35.5. The number of rotatable bonds is 3. The van der Waals surface area contributed by atoms with E-state index in [-0.39, 0.29) is 22.1 Å². The highest BCUT2D eigenvalue weighted by Gasteiger charge is 2.28. The lowest BCUT2D eigenvalue weighted by Gasteiger charge is -2.27. The number of hydrogen-bond acceptors (Lipinski definition) is 9. The zero-order valence-electron chi connectivity index (χ0n) is 13.4. The summed E-state index contributed by atoms with van der Waals surface area (Å²) in [4.78, 5) is 6.06. The van der Waals surface area contributed by atoms with Gasteiger partial charge in [0.25, 0.3) is 20.2 Å². The lowest BCUT2D eigenvalue weighted by Crippen LogP contribution is -2.45. The van der Waals surface area contributed by atoms with Crippen LogP contribution in [0.5, 0.6) is 5.75 Å². The molecule has 1 atom stereocenters. The van der Waals surface area contributed by atoms with Crippen LogP contribution in [0.15, 0.2) is 44.0 Å². The topological polar surface area (TPSA) is 183 Å². The first-order valence-electron chi connectivity index (χ1n) is 7.06. The van der Waals surface area contributed by atoms with Crippen molar-refractivity contribution in [1.29, 1.82) is 0 Å². The van der Waals surface area contributed by atoms with Crippen LogP contribution in [0.25, 0.3) is 10.8 Å². The van der Waals surface area contributed by atoms with E-state index >= 15 is 0 Å². The van der Waals surface area contributed by atoms with Crippen molar-refractivity contribution in [1.82, 2.24) is 5.01 Å². The number of aromatic hydroxyl groups is 1. The van der Waals surface area contributed by atoms with Gasteiger partial charge in [-0.25, -0.2) is 10.8 Å². The van der Waals surface area contributed by atoms with Crippen LogP contribution in [0.3, 0.4) is 0 Å². The molecular formula is C13H10Cl2N4O7S2. The van der Waals surface area contributed by atoms with E-state index in [4.69, 9.17) is 29.0 Å². The second-order valence-electron chi connectivity index (χ2n) is 5.48. The largest absolute Gasteiger partial charge is 0.507 e. The molecule has 0 bridgehead atoms. The van der Waals surface area contributed by atoms with Crippen LogP contribution in [-0.2, 0) is 20.2 Å². The minimum Gasteiger partial charge on any atom is -0.507 e. The lowest BCUT2D eigenvalue weighted by molar-refractivity contribution is 0.412. The van der Waals surface area contributed by atoms with Crippen molar-refractivity contribution in [3.05, 3.63) is 29.8 Å². The van der Waals surface area contributed by atoms with E-state index < -0.39 is 46.8 Å². The Morgan fingerprint density at radius 3 is 2.32 bits per heavy atom. The molecular weight excluding hydrogens is 459 g/mol. The van der Waals surface area contributed by atoms with Gasteiger partial charge in [-0.2, -0.15) is 21.8 Å². The highest BCUT2D eigenvalue weighted by Crippen LogP contribution is 2.36. The zero-order chi connectivity index (χ0) is 21.0. The Morgan fingerprint density at radius 1 is 1.11 bits per heavy atom. The van der Waals surface area contributed by atoms with Crippen molar-refractivity contribution in [3.63, 3.8) is 0 Å². The Hall–Kier alpha value is -2.00. The van der Waals surface area contributed by atoms with Gasteiger partial charge in [-0.15, -0.1) is 0 Å². The second kappa shape index (κ2) is 6.81. The second-order valence-corrected chi connectivity index (χ2v) is 9.02. The highest BCUT2D eigenvalue weighted by molar-refractivity contribution is 7.86. The quantitative estimate of drug-likeness (QED) is 0.221. The molecule has 0 aliphatic carbocycles. The Labute approximate surface area is 168 Å². The summed E-state index contributed by atoms with van der Waals surface area (Å²) in [7, 11) is -9.65. The third-order valence-electron chi connectivity index (χ3n) is 3.73. The Balaban J connectivity index is 2.47. The molecule has 0 spiro atoms. The predicted octanol–water partition coefficient (Wildman–Crippen LogP) is 1.09. The van der Waals surface area contributed by atoms with Crippen LogP contribution in [-0.4, -0.2) is 52.8 Å². The van der Waals surface area contributed by atoms with Crippen LogP contribution in [0.1, 0.15) is 5.56 Å². The minimum atomic E-state index is -4.84. The molecule has 3 rings (SSSR count). The number of fused-ring (bicyclic) bond motifs is 1. The summed E-state index contributed by atoms with van der Waals surface area (Å²) in [5.74, 6) is 4.93. The number of aliphatic imine (C=N–C) groups is 2. The first-order valence-corrected chi connectivity index (χ1v) is 10.7. The first-order chi connectivity index (χ1) is 12.8. The molecule has 0 amide bonds. The van der Waals surface area contributed by atoms with Gasteiger partial charge < -0.3 is 5.11 Å². The average molecular weight is 469 g/mol. The van der Waals surface area contributed by atoms with E-state index in [2.05, 4.69) is 9.98 Å². The van der Waals surface area contributed by atoms with Gasteiger partial charge in [0.15, 0.2) is 5.84 Å². The normalized spacial score (nSPS) is 18.2. The first kappa shape index (κ1) is 20.7. The molecule has 15 heteroatoms. The number of nitrogens with zero attached hydrogens (tertiary/aromatic N) is 3. The maximum absolute atomic E-state index is 11.7. The Kier molecular flexibility index (Phi) is 5.04. The van der Waals surface area contributed by atoms with Gasteiger partial charge in [-0.05, 0) is 29.8 Å². The molecule has 0 saturated heterocycles. The summed E-state index contributed by atoms with van der Waals surface area (Å²) in [6.07, 6.45) is 0. The van der Waals surface area contributed by atoms with Crippen molar-refractivity contribution >= 4 is 65.3 Å². The number of phenolic OH excluding ortho intramolecular Hbond substituents is 1. The summed E-state index contributed by atoms with van der Waals surface area (Å²) in [6.45, 7) is 0. The number of alkyl halides is 1. The molecule has 1 heterocycles. The van der Waals surface area contributed by atoms with Gasteiger partial charge in [-0.1, -0.05) is 11.6 Å². The maximum Gasteiger partial charge on any atom is 0.295 e. The van der Waals surface area contributed by atoms with Crippen LogP contribution in [0.4, 0.5) is 0 Å². The summed E-state index contributed by atoms with van der Waals surface area (Å²) >= 11 is 11.7. The van der Waals surface area contributed by atoms with E-state index in [1.54, 1.807) is 0 Å². The van der Waals surface area contributed by atoms with E-state index in [0.717, 1.165) is 23.2 Å². The van der Waals surface area contributed by atoms with Crippen LogP contribution in [0, 0.1) is 0 Å². The number of hydrazine groups is 1. The molecule has 2 aromatic rings. The van der Waals surface area contributed by atoms with Crippen LogP contribution < -0.4 is 5.84 Å². The molecule has 5 N–H and O–H groups in total. The van der Waals surface area contributed by atoms with Gasteiger partial charge in [0, 0.05) is 22.4 Å². The van der Waals surface area contributed by atoms with E-state index in [0.29, 0.717) is 6.07 Å². The smallest absolute Gasteiger partial charge is 0.295 e. The third-order valence-corrected chi connectivity index (χ3v) is 5.96. The maximum atomic E-state index is 11.7. The standard InChI is InChI=1S/C13H10Cl2N4O7S2/c14-12-17-11(19(16)13(15)18-12)6-1-2-9(28(24,25)26)7-3-5(27(21,22)23)4-8(20)10(6)7/h1-4,13,20H,16H2,(H,21,22,23)(H,24,25,26). The zero-order valence-corrected chi connectivity index (χ0v) is 16.5. The molecule has 1 aliphatic heterocycles. The van der Waals surface area contributed by atoms with Crippen molar-refractivity contribution in [2.45, 2.75) is 15.4 Å². The fraction of sp³-hybridized carbons (Fsp3) is 0.0769. The number of benzene rings is 2. The number of halogens is 2. The van der Waals surface area contributed by atoms with Crippen LogP contribution in [0.2, 0.25) is 0 Å². The Bertz CT molecular complexity index is 1280. The monoisotopic (exact) mass is 468 g/mol. The number of nitrogens with two attached hydrogens (primary N) is 1. The molecule has 28 heavy (non-hydrogen) atoms. The lowest BCUT2D eigenvalue weighted by atomic mass is 10.0. The fourth-order valence-corrected chi connectivity index (χ4v) is 4.21. The van der Waals surface area contributed by atoms with Gasteiger partial charge in [0.2, 0.25) is 10.9 Å². The van der Waals surface area contributed by atoms with E-state index in [1.165, 1.54) is 0 Å². The minimum absolute atomic E-state index is 0.00277. The number of hydrogen-bond donors (Lipinski definition) is 4. The van der Waals surface area contributed by atoms with Gasteiger partial charge in [-0.3, -0.25) is 14.1 Å². The summed E-state index contributed by atoms with van der Waals surface area (Å²) in [6, 6.07) is 3.53. The number of amidine groups is 2. The molecule has 1 unspecified atom stereocenters. The van der Waals surface area contributed by atoms with Gasteiger partial charge >= 0.3 is 0 Å². The summed E-state index contributed by atoms with van der Waals surface area (Å²) in [5, 5.41) is 10.3. The molecule has 0 saturated carbocycles. The fourth-order valence-electron chi connectivity index (χ4n) is 2.60. The number of phenols is 1. The molecule has 11 nitrogen and oxygen atoms in total. The molecule has 150 valence electrons. The summed E-state index contributed by atoms with van der Waals surface area (Å²) < 4.78 is 65.0.